The molecule has 0 spiro atoms. The van der Waals surface area contributed by atoms with Crippen molar-refractivity contribution in [2.45, 2.75) is 12.5 Å². The number of aromatic nitrogens is 4. The molecular weight excluding hydrogens is 388 g/mol. The Hall–Kier alpha value is -2.10. The first kappa shape index (κ1) is 15.4. The summed E-state index contributed by atoms with van der Waals surface area (Å²) < 4.78 is 28.5. The molecule has 4 rings (SSSR count). The minimum Gasteiger partial charge on any atom is -0.476 e. The zero-order chi connectivity index (χ0) is 17.1. The molecule has 1 aliphatic heterocycles. The number of hydrogen-bond acceptors (Lipinski definition) is 5. The number of nitrogens with zero attached hydrogens (tertiary/aromatic N) is 5. The molecular formula is C14H12BrF2N5O2. The summed E-state index contributed by atoms with van der Waals surface area (Å²) in [4.78, 5) is 17.1. The number of anilines is 1. The van der Waals surface area contributed by atoms with Crippen LogP contribution < -0.4 is 4.90 Å². The first-order chi connectivity index (χ1) is 11.4. The van der Waals surface area contributed by atoms with E-state index < -0.39 is 23.7 Å². The lowest BCUT2D eigenvalue weighted by molar-refractivity contribution is 0.0689. The van der Waals surface area contributed by atoms with Gasteiger partial charge in [-0.2, -0.15) is 0 Å². The molecule has 24 heavy (non-hydrogen) atoms. The van der Waals surface area contributed by atoms with E-state index in [0.29, 0.717) is 30.1 Å². The fourth-order valence-corrected chi connectivity index (χ4v) is 3.53. The van der Waals surface area contributed by atoms with Gasteiger partial charge in [-0.05, 0) is 22.0 Å². The van der Waals surface area contributed by atoms with E-state index in [1.165, 1.54) is 10.9 Å². The van der Waals surface area contributed by atoms with E-state index >= 15 is 0 Å². The first-order valence-electron chi connectivity index (χ1n) is 7.28. The zero-order valence-corrected chi connectivity index (χ0v) is 13.8. The average molecular weight is 400 g/mol. The van der Waals surface area contributed by atoms with Crippen LogP contribution in [0, 0.1) is 11.8 Å². The third-order valence-electron chi connectivity index (χ3n) is 4.52. The van der Waals surface area contributed by atoms with E-state index in [1.807, 2.05) is 11.0 Å². The second-order valence-electron chi connectivity index (χ2n) is 6.02. The van der Waals surface area contributed by atoms with Crippen LogP contribution in [-0.2, 0) is 6.54 Å². The molecule has 2 unspecified atom stereocenters. The van der Waals surface area contributed by atoms with Gasteiger partial charge < -0.3 is 10.0 Å². The van der Waals surface area contributed by atoms with Gasteiger partial charge in [-0.15, -0.1) is 5.10 Å². The topological polar surface area (TPSA) is 84.1 Å². The molecule has 7 nitrogen and oxygen atoms in total. The van der Waals surface area contributed by atoms with Crippen LogP contribution in [-0.4, -0.2) is 50.1 Å². The van der Waals surface area contributed by atoms with Crippen molar-refractivity contribution < 1.29 is 18.7 Å². The molecule has 1 N–H and O–H groups in total. The number of halogens is 3. The number of rotatable bonds is 4. The van der Waals surface area contributed by atoms with Gasteiger partial charge in [-0.3, -0.25) is 0 Å². The number of piperidine rings is 1. The summed E-state index contributed by atoms with van der Waals surface area (Å²) in [5.74, 6) is -4.11. The van der Waals surface area contributed by atoms with Gasteiger partial charge in [-0.1, -0.05) is 11.3 Å². The number of hydrogen-bond donors (Lipinski definition) is 1. The largest absolute Gasteiger partial charge is 0.476 e. The third-order valence-corrected chi connectivity index (χ3v) is 5.21. The highest BCUT2D eigenvalue weighted by atomic mass is 79.9. The molecule has 2 aromatic rings. The molecule has 1 saturated heterocycles. The maximum atomic E-state index is 13.3. The standard InChI is InChI=1S/C14H12BrF2N5O2/c15-12-7(3-22-6-10(13(23)24)19-20-22)1-2-11(18-12)21-4-8-9(5-21)14(8,16)17/h1-2,6,8-9H,3-5H2,(H,23,24). The average Bonchev–Trinajstić information content (AvgIpc) is 3.00. The molecule has 126 valence electrons. The van der Waals surface area contributed by atoms with E-state index in [1.54, 1.807) is 6.07 Å². The van der Waals surface area contributed by atoms with Gasteiger partial charge in [0.1, 0.15) is 10.4 Å². The molecule has 10 heteroatoms. The van der Waals surface area contributed by atoms with Gasteiger partial charge in [0.15, 0.2) is 5.69 Å². The molecule has 2 atom stereocenters. The van der Waals surface area contributed by atoms with Crippen molar-refractivity contribution in [3.8, 4) is 0 Å². The van der Waals surface area contributed by atoms with Gasteiger partial charge in [0.25, 0.3) is 5.92 Å². The molecule has 1 aliphatic carbocycles. The van der Waals surface area contributed by atoms with Crippen molar-refractivity contribution in [1.29, 1.82) is 0 Å². The Bertz CT molecular complexity index is 813. The fourth-order valence-electron chi connectivity index (χ4n) is 3.09. The van der Waals surface area contributed by atoms with Gasteiger partial charge in [-0.25, -0.2) is 23.2 Å². The number of carboxylic acids is 1. The predicted octanol–water partition coefficient (Wildman–Crippen LogP) is 1.88. The normalized spacial score (nSPS) is 24.0. The summed E-state index contributed by atoms with van der Waals surface area (Å²) in [6, 6.07) is 3.59. The zero-order valence-electron chi connectivity index (χ0n) is 12.2. The van der Waals surface area contributed by atoms with E-state index in [2.05, 4.69) is 31.2 Å². The molecule has 0 radical (unpaired) electrons. The van der Waals surface area contributed by atoms with E-state index in [9.17, 15) is 13.6 Å². The summed E-state index contributed by atoms with van der Waals surface area (Å²) in [5, 5.41) is 16.1. The number of fused-ring (bicyclic) bond motifs is 1. The van der Waals surface area contributed by atoms with Gasteiger partial charge in [0.05, 0.1) is 24.6 Å². The van der Waals surface area contributed by atoms with E-state index in [-0.39, 0.29) is 5.69 Å². The molecule has 3 heterocycles. The van der Waals surface area contributed by atoms with Gasteiger partial charge >= 0.3 is 5.97 Å². The highest BCUT2D eigenvalue weighted by Crippen LogP contribution is 2.59. The molecule has 0 aromatic carbocycles. The second-order valence-corrected chi connectivity index (χ2v) is 6.77. The van der Waals surface area contributed by atoms with Crippen molar-refractivity contribution in [1.82, 2.24) is 20.0 Å². The Morgan fingerprint density at radius 1 is 1.38 bits per heavy atom. The van der Waals surface area contributed by atoms with E-state index in [0.717, 1.165) is 5.56 Å². The Balaban J connectivity index is 1.47. The maximum Gasteiger partial charge on any atom is 0.358 e. The third kappa shape index (κ3) is 2.45. The smallest absolute Gasteiger partial charge is 0.358 e. The van der Waals surface area contributed by atoms with Gasteiger partial charge in [0.2, 0.25) is 0 Å². The summed E-state index contributed by atoms with van der Waals surface area (Å²) in [6.45, 7) is 0.945. The molecule has 0 amide bonds. The van der Waals surface area contributed by atoms with Gasteiger partial charge in [0, 0.05) is 18.7 Å². The maximum absolute atomic E-state index is 13.3. The summed E-state index contributed by atoms with van der Waals surface area (Å²) >= 11 is 3.37. The van der Waals surface area contributed by atoms with Crippen molar-refractivity contribution >= 4 is 27.7 Å². The number of alkyl halides is 2. The van der Waals surface area contributed by atoms with Crippen LogP contribution in [0.25, 0.3) is 0 Å². The van der Waals surface area contributed by atoms with Crippen LogP contribution in [0.15, 0.2) is 22.9 Å². The molecule has 1 saturated carbocycles. The van der Waals surface area contributed by atoms with Crippen LogP contribution in [0.1, 0.15) is 16.1 Å². The monoisotopic (exact) mass is 399 g/mol. The fraction of sp³-hybridized carbons (Fsp3) is 0.429. The van der Waals surface area contributed by atoms with Crippen LogP contribution in [0.2, 0.25) is 0 Å². The molecule has 2 aromatic heterocycles. The SMILES string of the molecule is O=C(O)c1cn(Cc2ccc(N3CC4C(C3)C4(F)F)nc2Br)nn1. The Morgan fingerprint density at radius 2 is 2.08 bits per heavy atom. The Labute approximate surface area is 143 Å². The summed E-state index contributed by atoms with van der Waals surface area (Å²) in [7, 11) is 0. The lowest BCUT2D eigenvalue weighted by Crippen LogP contribution is -2.28. The van der Waals surface area contributed by atoms with Crippen molar-refractivity contribution in [3.63, 3.8) is 0 Å². The number of pyridine rings is 1. The lowest BCUT2D eigenvalue weighted by atomic mass is 10.2. The molecule has 0 bridgehead atoms. The minimum atomic E-state index is -2.51. The summed E-state index contributed by atoms with van der Waals surface area (Å²) in [5.41, 5.74) is 0.656. The minimum absolute atomic E-state index is 0.132. The molecule has 2 fully saturated rings. The van der Waals surface area contributed by atoms with E-state index in [4.69, 9.17) is 5.11 Å². The van der Waals surface area contributed by atoms with Crippen LogP contribution in [0.3, 0.4) is 0 Å². The van der Waals surface area contributed by atoms with Crippen LogP contribution in [0.5, 0.6) is 0 Å². The first-order valence-corrected chi connectivity index (χ1v) is 8.07. The molecule has 2 aliphatic rings. The highest BCUT2D eigenvalue weighted by molar-refractivity contribution is 9.10. The van der Waals surface area contributed by atoms with Crippen molar-refractivity contribution in [3.05, 3.63) is 34.2 Å². The number of aromatic carboxylic acids is 1. The number of carbonyl (C=O) groups is 1. The Kier molecular flexibility index (Phi) is 3.34. The lowest BCUT2D eigenvalue weighted by Gasteiger charge is -2.21. The quantitative estimate of drug-likeness (QED) is 0.790. The van der Waals surface area contributed by atoms with Crippen molar-refractivity contribution in [2.75, 3.05) is 18.0 Å². The highest BCUT2D eigenvalue weighted by Gasteiger charge is 2.71. The second kappa shape index (κ2) is 5.20. The van der Waals surface area contributed by atoms with Crippen LogP contribution >= 0.6 is 15.9 Å². The van der Waals surface area contributed by atoms with Crippen LogP contribution in [0.4, 0.5) is 14.6 Å². The Morgan fingerprint density at radius 3 is 2.67 bits per heavy atom. The summed E-state index contributed by atoms with van der Waals surface area (Å²) in [6.07, 6.45) is 1.33. The predicted molar refractivity (Wildman–Crippen MR) is 82.2 cm³/mol. The van der Waals surface area contributed by atoms with Crippen molar-refractivity contribution in [2.24, 2.45) is 11.8 Å². The number of carboxylic acid groups (broad SMARTS) is 1.